The van der Waals surface area contributed by atoms with E-state index in [9.17, 15) is 4.79 Å². The summed E-state index contributed by atoms with van der Waals surface area (Å²) in [5.41, 5.74) is 5.20. The van der Waals surface area contributed by atoms with Crippen LogP contribution < -0.4 is 5.32 Å². The number of aromatic nitrogens is 2. The third kappa shape index (κ3) is 4.72. The Hall–Kier alpha value is -3.72. The topological polar surface area (TPSA) is 70.2 Å². The number of fused-ring (bicyclic) bond motifs is 1. The highest BCUT2D eigenvalue weighted by molar-refractivity contribution is 5.94. The van der Waals surface area contributed by atoms with Crippen molar-refractivity contribution in [2.45, 2.75) is 32.8 Å². The fraction of sp³-hybridized carbons (Fsp3) is 0.280. The highest BCUT2D eigenvalue weighted by Gasteiger charge is 2.24. The quantitative estimate of drug-likeness (QED) is 0.570. The first-order valence-electron chi connectivity index (χ1n) is 10.3. The van der Waals surface area contributed by atoms with Crippen molar-refractivity contribution in [3.8, 4) is 12.3 Å². The Labute approximate surface area is 182 Å². The third-order valence-corrected chi connectivity index (χ3v) is 5.05. The van der Waals surface area contributed by atoms with Crippen molar-refractivity contribution >= 4 is 34.1 Å². The van der Waals surface area contributed by atoms with Gasteiger partial charge in [-0.15, -0.1) is 6.42 Å². The first kappa shape index (κ1) is 20.5. The van der Waals surface area contributed by atoms with Crippen LogP contribution in [0.5, 0.6) is 0 Å². The molecule has 0 radical (unpaired) electrons. The van der Waals surface area contributed by atoms with Gasteiger partial charge < -0.3 is 19.9 Å². The van der Waals surface area contributed by atoms with E-state index in [4.69, 9.17) is 11.2 Å². The van der Waals surface area contributed by atoms with Crippen molar-refractivity contribution in [3.05, 3.63) is 59.9 Å². The Bertz CT molecular complexity index is 1190. The molecule has 1 aliphatic heterocycles. The number of hydrogen-bond donors (Lipinski definition) is 2. The van der Waals surface area contributed by atoms with Crippen molar-refractivity contribution in [2.75, 3.05) is 18.4 Å². The summed E-state index contributed by atoms with van der Waals surface area (Å²) in [5, 5.41) is 4.44. The van der Waals surface area contributed by atoms with Crippen LogP contribution in [0.15, 0.2) is 48.7 Å². The van der Waals surface area contributed by atoms with Gasteiger partial charge in [0.1, 0.15) is 11.2 Å². The van der Waals surface area contributed by atoms with Crippen molar-refractivity contribution in [3.63, 3.8) is 0 Å². The Morgan fingerprint density at radius 3 is 2.84 bits per heavy atom. The fourth-order valence-corrected chi connectivity index (χ4v) is 3.56. The third-order valence-electron chi connectivity index (χ3n) is 5.05. The van der Waals surface area contributed by atoms with Gasteiger partial charge >= 0.3 is 6.09 Å². The summed E-state index contributed by atoms with van der Waals surface area (Å²) in [6, 6.07) is 11.8. The van der Waals surface area contributed by atoms with Gasteiger partial charge in [-0.1, -0.05) is 18.1 Å². The zero-order valence-corrected chi connectivity index (χ0v) is 18.0. The van der Waals surface area contributed by atoms with E-state index in [1.54, 1.807) is 11.1 Å². The van der Waals surface area contributed by atoms with Gasteiger partial charge in [0, 0.05) is 41.6 Å². The Kier molecular flexibility index (Phi) is 5.43. The van der Waals surface area contributed by atoms with Crippen LogP contribution in [0.3, 0.4) is 0 Å². The number of nitrogens with zero attached hydrogens (tertiary/aromatic N) is 2. The summed E-state index contributed by atoms with van der Waals surface area (Å²) in [5.74, 6) is 2.66. The predicted octanol–water partition coefficient (Wildman–Crippen LogP) is 5.31. The van der Waals surface area contributed by atoms with Gasteiger partial charge in [-0.05, 0) is 63.1 Å². The van der Waals surface area contributed by atoms with E-state index in [-0.39, 0.29) is 6.09 Å². The monoisotopic (exact) mass is 414 g/mol. The molecule has 3 aromatic rings. The van der Waals surface area contributed by atoms with E-state index in [2.05, 4.69) is 33.3 Å². The Morgan fingerprint density at radius 2 is 2.13 bits per heavy atom. The van der Waals surface area contributed by atoms with Crippen LogP contribution in [0.1, 0.15) is 38.4 Å². The largest absolute Gasteiger partial charge is 0.444 e. The number of terminal acetylenes is 1. The minimum Gasteiger partial charge on any atom is -0.444 e. The number of H-pyrrole nitrogens is 1. The van der Waals surface area contributed by atoms with Gasteiger partial charge in [0.15, 0.2) is 0 Å². The zero-order valence-electron chi connectivity index (χ0n) is 18.0. The highest BCUT2D eigenvalue weighted by Crippen LogP contribution is 2.30. The van der Waals surface area contributed by atoms with Gasteiger partial charge in [0.05, 0.1) is 5.69 Å². The zero-order chi connectivity index (χ0) is 22.0. The van der Waals surface area contributed by atoms with Crippen LogP contribution in [0, 0.1) is 12.3 Å². The van der Waals surface area contributed by atoms with Crippen LogP contribution in [0.4, 0.5) is 16.2 Å². The molecule has 1 aliphatic rings. The molecule has 0 saturated heterocycles. The number of amides is 1. The number of carbonyl (C=O) groups excluding carboxylic acids is 1. The van der Waals surface area contributed by atoms with Crippen LogP contribution >= 0.6 is 0 Å². The molecule has 31 heavy (non-hydrogen) atoms. The van der Waals surface area contributed by atoms with Crippen LogP contribution in [-0.2, 0) is 4.74 Å². The predicted molar refractivity (Wildman–Crippen MR) is 124 cm³/mol. The number of aromatic amines is 1. The molecule has 1 amide bonds. The maximum Gasteiger partial charge on any atom is 0.410 e. The molecule has 6 nitrogen and oxygen atoms in total. The number of pyridine rings is 1. The number of carbonyl (C=O) groups is 1. The first-order valence-corrected chi connectivity index (χ1v) is 10.3. The summed E-state index contributed by atoms with van der Waals surface area (Å²) < 4.78 is 5.47. The molecule has 0 bridgehead atoms. The van der Waals surface area contributed by atoms with E-state index in [1.165, 1.54) is 0 Å². The molecule has 1 aromatic carbocycles. The number of anilines is 2. The van der Waals surface area contributed by atoms with Gasteiger partial charge in [-0.2, -0.15) is 0 Å². The van der Waals surface area contributed by atoms with Crippen molar-refractivity contribution in [1.82, 2.24) is 14.9 Å². The lowest BCUT2D eigenvalue weighted by Crippen LogP contribution is -2.39. The molecule has 0 unspecified atom stereocenters. The van der Waals surface area contributed by atoms with Gasteiger partial charge in [0.25, 0.3) is 0 Å². The molecule has 3 heterocycles. The molecule has 0 aliphatic carbocycles. The molecule has 0 atom stereocenters. The lowest BCUT2D eigenvalue weighted by molar-refractivity contribution is 0.0270. The van der Waals surface area contributed by atoms with Gasteiger partial charge in [-0.3, -0.25) is 0 Å². The second-order valence-electron chi connectivity index (χ2n) is 8.56. The van der Waals surface area contributed by atoms with Crippen molar-refractivity contribution in [1.29, 1.82) is 0 Å². The number of nitrogens with one attached hydrogen (secondary N) is 2. The average molecular weight is 415 g/mol. The molecular weight excluding hydrogens is 388 g/mol. The van der Waals surface area contributed by atoms with Gasteiger partial charge in [0.2, 0.25) is 0 Å². The second kappa shape index (κ2) is 8.19. The first-order chi connectivity index (χ1) is 14.8. The highest BCUT2D eigenvalue weighted by atomic mass is 16.6. The summed E-state index contributed by atoms with van der Waals surface area (Å²) in [7, 11) is 0. The van der Waals surface area contributed by atoms with Gasteiger partial charge in [-0.25, -0.2) is 9.78 Å². The van der Waals surface area contributed by atoms with E-state index < -0.39 is 5.60 Å². The summed E-state index contributed by atoms with van der Waals surface area (Å²) in [6.07, 6.45) is 9.83. The smallest absolute Gasteiger partial charge is 0.410 e. The number of benzene rings is 1. The summed E-state index contributed by atoms with van der Waals surface area (Å²) in [4.78, 5) is 21.9. The SMILES string of the molecule is C#Cc1cccc(Nc2ccnc3[nH]c(C4=CCN(C(=O)OC(C)(C)C)CC4)cc23)c1. The normalized spacial score (nSPS) is 14.1. The van der Waals surface area contributed by atoms with Crippen LogP contribution in [-0.4, -0.2) is 39.7 Å². The Balaban J connectivity index is 1.54. The van der Waals surface area contributed by atoms with E-state index in [0.29, 0.717) is 13.1 Å². The lowest BCUT2D eigenvalue weighted by Gasteiger charge is -2.29. The number of rotatable bonds is 3. The minimum atomic E-state index is -0.493. The van der Waals surface area contributed by atoms with Crippen molar-refractivity contribution in [2.24, 2.45) is 0 Å². The summed E-state index contributed by atoms with van der Waals surface area (Å²) in [6.45, 7) is 6.77. The van der Waals surface area contributed by atoms with Crippen LogP contribution in [0.25, 0.3) is 16.6 Å². The molecule has 0 fully saturated rings. The molecule has 0 spiro atoms. The summed E-state index contributed by atoms with van der Waals surface area (Å²) >= 11 is 0. The molecule has 158 valence electrons. The lowest BCUT2D eigenvalue weighted by atomic mass is 10.0. The number of ether oxygens (including phenoxy) is 1. The Morgan fingerprint density at radius 1 is 1.29 bits per heavy atom. The molecule has 2 aromatic heterocycles. The maximum absolute atomic E-state index is 12.3. The minimum absolute atomic E-state index is 0.276. The molecule has 4 rings (SSSR count). The standard InChI is InChI=1S/C25H26N4O2/c1-5-17-7-6-8-19(15-17)27-21-9-12-26-23-20(21)16-22(28-23)18-10-13-29(14-11-18)24(30)31-25(2,3)4/h1,6-10,12,15-16H,11,13-14H2,2-4H3,(H2,26,27,28). The second-order valence-corrected chi connectivity index (χ2v) is 8.56. The molecule has 6 heteroatoms. The molecular formula is C25H26N4O2. The average Bonchev–Trinajstić information content (AvgIpc) is 3.18. The van der Waals surface area contributed by atoms with Crippen LogP contribution in [0.2, 0.25) is 0 Å². The number of hydrogen-bond acceptors (Lipinski definition) is 4. The van der Waals surface area contributed by atoms with Crippen molar-refractivity contribution < 1.29 is 9.53 Å². The van der Waals surface area contributed by atoms with E-state index >= 15 is 0 Å². The molecule has 0 saturated carbocycles. The van der Waals surface area contributed by atoms with E-state index in [1.807, 2.05) is 51.1 Å². The maximum atomic E-state index is 12.3. The van der Waals surface area contributed by atoms with E-state index in [0.717, 1.165) is 45.7 Å². The molecule has 2 N–H and O–H groups in total. The fourth-order valence-electron chi connectivity index (χ4n) is 3.56.